The topological polar surface area (TPSA) is 33.2 Å². The number of hydrogen-bond donors (Lipinski definition) is 0. The normalized spacial score (nSPS) is 15.4. The average molecular weight is 330 g/mol. The maximum atomic E-state index is 12.8. The Balaban J connectivity index is 1.40. The molecule has 3 aromatic rings. The number of carbonyl (C=O) groups excluding carboxylic acids is 1. The lowest BCUT2D eigenvalue weighted by Crippen LogP contribution is -2.39. The van der Waals surface area contributed by atoms with Crippen LogP contribution in [0.5, 0.6) is 0 Å². The number of carbonyl (C=O) groups is 1. The van der Waals surface area contributed by atoms with Gasteiger partial charge in [-0.3, -0.25) is 4.79 Å². The second-order valence-electron chi connectivity index (χ2n) is 6.81. The first-order valence-electron chi connectivity index (χ1n) is 8.98. The van der Waals surface area contributed by atoms with Crippen LogP contribution in [0.15, 0.2) is 66.7 Å². The molecule has 3 heteroatoms. The van der Waals surface area contributed by atoms with E-state index in [1.165, 1.54) is 5.56 Å². The molecule has 0 aliphatic carbocycles. The first-order valence-corrected chi connectivity index (χ1v) is 8.98. The van der Waals surface area contributed by atoms with E-state index in [1.54, 1.807) is 0 Å². The first-order chi connectivity index (χ1) is 12.3. The van der Waals surface area contributed by atoms with Crippen LogP contribution in [-0.2, 0) is 6.42 Å². The average Bonchev–Trinajstić information content (AvgIpc) is 2.68. The molecule has 1 saturated heterocycles. The zero-order chi connectivity index (χ0) is 17.1. The summed E-state index contributed by atoms with van der Waals surface area (Å²) in [5.41, 5.74) is 2.83. The van der Waals surface area contributed by atoms with Gasteiger partial charge in [0.05, 0.1) is 5.52 Å². The Morgan fingerprint density at radius 3 is 2.44 bits per heavy atom. The van der Waals surface area contributed by atoms with Gasteiger partial charge in [0.15, 0.2) is 0 Å². The summed E-state index contributed by atoms with van der Waals surface area (Å²) in [5.74, 6) is 0.722. The van der Waals surface area contributed by atoms with Crippen LogP contribution in [0.25, 0.3) is 10.9 Å². The van der Waals surface area contributed by atoms with Crippen LogP contribution in [0.2, 0.25) is 0 Å². The quantitative estimate of drug-likeness (QED) is 0.716. The lowest BCUT2D eigenvalue weighted by atomic mass is 9.90. The highest BCUT2D eigenvalue weighted by atomic mass is 16.2. The number of aromatic nitrogens is 1. The number of benzene rings is 2. The zero-order valence-corrected chi connectivity index (χ0v) is 14.3. The molecule has 0 unspecified atom stereocenters. The van der Waals surface area contributed by atoms with E-state index < -0.39 is 0 Å². The van der Waals surface area contributed by atoms with E-state index in [1.807, 2.05) is 41.3 Å². The third kappa shape index (κ3) is 3.55. The Morgan fingerprint density at radius 2 is 1.64 bits per heavy atom. The summed E-state index contributed by atoms with van der Waals surface area (Å²) in [6, 6.07) is 22.4. The number of pyridine rings is 1. The van der Waals surface area contributed by atoms with Crippen LogP contribution < -0.4 is 0 Å². The highest BCUT2D eigenvalue weighted by molar-refractivity contribution is 5.94. The van der Waals surface area contributed by atoms with E-state index in [0.29, 0.717) is 11.6 Å². The monoisotopic (exact) mass is 330 g/mol. The Morgan fingerprint density at radius 1 is 0.920 bits per heavy atom. The van der Waals surface area contributed by atoms with Crippen LogP contribution in [0.1, 0.15) is 28.9 Å². The van der Waals surface area contributed by atoms with Crippen molar-refractivity contribution in [3.63, 3.8) is 0 Å². The van der Waals surface area contributed by atoms with Gasteiger partial charge >= 0.3 is 0 Å². The van der Waals surface area contributed by atoms with Gasteiger partial charge in [-0.1, -0.05) is 54.6 Å². The smallest absolute Gasteiger partial charge is 0.272 e. The summed E-state index contributed by atoms with van der Waals surface area (Å²) in [7, 11) is 0. The van der Waals surface area contributed by atoms with Crippen molar-refractivity contribution in [2.24, 2.45) is 5.92 Å². The fourth-order valence-corrected chi connectivity index (χ4v) is 3.63. The van der Waals surface area contributed by atoms with Gasteiger partial charge in [-0.25, -0.2) is 4.98 Å². The van der Waals surface area contributed by atoms with Crippen molar-refractivity contribution in [3.05, 3.63) is 78.0 Å². The van der Waals surface area contributed by atoms with Gasteiger partial charge in [-0.15, -0.1) is 0 Å². The van der Waals surface area contributed by atoms with Gasteiger partial charge in [0.25, 0.3) is 5.91 Å². The molecule has 0 spiro atoms. The van der Waals surface area contributed by atoms with Crippen molar-refractivity contribution < 1.29 is 4.79 Å². The largest absolute Gasteiger partial charge is 0.337 e. The Labute approximate surface area is 148 Å². The van der Waals surface area contributed by atoms with E-state index in [2.05, 4.69) is 35.3 Å². The number of para-hydroxylation sites is 1. The maximum Gasteiger partial charge on any atom is 0.272 e. The predicted octanol–water partition coefficient (Wildman–Crippen LogP) is 4.33. The molecule has 2 aromatic carbocycles. The molecular formula is C22H22N2O. The Bertz CT molecular complexity index is 867. The van der Waals surface area contributed by atoms with Crippen molar-refractivity contribution in [1.29, 1.82) is 0 Å². The molecule has 0 saturated carbocycles. The van der Waals surface area contributed by atoms with Crippen molar-refractivity contribution >= 4 is 16.8 Å². The minimum absolute atomic E-state index is 0.0592. The SMILES string of the molecule is O=C(c1ccc2ccccc2n1)N1CCC(Cc2ccccc2)CC1. The van der Waals surface area contributed by atoms with Crippen molar-refractivity contribution in [2.45, 2.75) is 19.3 Å². The van der Waals surface area contributed by atoms with E-state index in [0.717, 1.165) is 43.3 Å². The van der Waals surface area contributed by atoms with Gasteiger partial charge < -0.3 is 4.90 Å². The van der Waals surface area contributed by atoms with Crippen LogP contribution in [0, 0.1) is 5.92 Å². The molecule has 25 heavy (non-hydrogen) atoms. The molecule has 1 fully saturated rings. The molecule has 1 aliphatic heterocycles. The van der Waals surface area contributed by atoms with Gasteiger partial charge in [0.1, 0.15) is 5.69 Å². The van der Waals surface area contributed by atoms with Crippen LogP contribution in [0.3, 0.4) is 0 Å². The van der Waals surface area contributed by atoms with Gasteiger partial charge in [-0.2, -0.15) is 0 Å². The van der Waals surface area contributed by atoms with Crippen molar-refractivity contribution in [3.8, 4) is 0 Å². The summed E-state index contributed by atoms with van der Waals surface area (Å²) in [5, 5.41) is 1.07. The second-order valence-corrected chi connectivity index (χ2v) is 6.81. The van der Waals surface area contributed by atoms with E-state index in [-0.39, 0.29) is 5.91 Å². The van der Waals surface area contributed by atoms with Gasteiger partial charge in [0, 0.05) is 18.5 Å². The van der Waals surface area contributed by atoms with Crippen LogP contribution in [-0.4, -0.2) is 28.9 Å². The third-order valence-electron chi connectivity index (χ3n) is 5.09. The molecule has 1 aliphatic rings. The number of hydrogen-bond acceptors (Lipinski definition) is 2. The summed E-state index contributed by atoms with van der Waals surface area (Å²) >= 11 is 0. The molecule has 1 aromatic heterocycles. The molecule has 0 atom stereocenters. The predicted molar refractivity (Wildman–Crippen MR) is 101 cm³/mol. The van der Waals surface area contributed by atoms with Crippen molar-refractivity contribution in [1.82, 2.24) is 9.88 Å². The standard InChI is InChI=1S/C22H22N2O/c25-22(21-11-10-19-8-4-5-9-20(19)23-21)24-14-12-18(13-15-24)16-17-6-2-1-3-7-17/h1-11,18H,12-16H2. The summed E-state index contributed by atoms with van der Waals surface area (Å²) < 4.78 is 0. The molecule has 3 nitrogen and oxygen atoms in total. The number of nitrogens with zero attached hydrogens (tertiary/aromatic N) is 2. The number of piperidine rings is 1. The minimum atomic E-state index is 0.0592. The highest BCUT2D eigenvalue weighted by Gasteiger charge is 2.24. The second kappa shape index (κ2) is 7.06. The molecule has 1 amide bonds. The summed E-state index contributed by atoms with van der Waals surface area (Å²) in [6.45, 7) is 1.65. The summed E-state index contributed by atoms with van der Waals surface area (Å²) in [6.07, 6.45) is 3.24. The van der Waals surface area contributed by atoms with Crippen LogP contribution in [0.4, 0.5) is 0 Å². The molecule has 0 radical (unpaired) electrons. The van der Waals surface area contributed by atoms with Gasteiger partial charge in [-0.05, 0) is 42.9 Å². The molecular weight excluding hydrogens is 308 g/mol. The Hall–Kier alpha value is -2.68. The van der Waals surface area contributed by atoms with E-state index >= 15 is 0 Å². The van der Waals surface area contributed by atoms with E-state index in [4.69, 9.17) is 0 Å². The van der Waals surface area contributed by atoms with Gasteiger partial charge in [0.2, 0.25) is 0 Å². The number of rotatable bonds is 3. The fourth-order valence-electron chi connectivity index (χ4n) is 3.63. The lowest BCUT2D eigenvalue weighted by molar-refractivity contribution is 0.0685. The number of fused-ring (bicyclic) bond motifs is 1. The molecule has 0 N–H and O–H groups in total. The maximum absolute atomic E-state index is 12.8. The molecule has 0 bridgehead atoms. The fraction of sp³-hybridized carbons (Fsp3) is 0.273. The molecule has 2 heterocycles. The third-order valence-corrected chi connectivity index (χ3v) is 5.09. The minimum Gasteiger partial charge on any atom is -0.337 e. The van der Waals surface area contributed by atoms with E-state index in [9.17, 15) is 4.79 Å². The zero-order valence-electron chi connectivity index (χ0n) is 14.3. The van der Waals surface area contributed by atoms with Crippen molar-refractivity contribution in [2.75, 3.05) is 13.1 Å². The lowest BCUT2D eigenvalue weighted by Gasteiger charge is -2.32. The van der Waals surface area contributed by atoms with Crippen LogP contribution >= 0.6 is 0 Å². The Kier molecular flexibility index (Phi) is 4.47. The molecule has 4 rings (SSSR count). The summed E-state index contributed by atoms with van der Waals surface area (Å²) in [4.78, 5) is 19.3. The number of likely N-dealkylation sites (tertiary alicyclic amines) is 1. The highest BCUT2D eigenvalue weighted by Crippen LogP contribution is 2.23. The number of amides is 1. The first kappa shape index (κ1) is 15.8. The molecule has 126 valence electrons.